The van der Waals surface area contributed by atoms with Crippen LogP contribution in [0.5, 0.6) is 0 Å². The summed E-state index contributed by atoms with van der Waals surface area (Å²) in [6.45, 7) is 3.57. The van der Waals surface area contributed by atoms with Crippen molar-refractivity contribution >= 4 is 39.8 Å². The molecule has 0 fully saturated rings. The third kappa shape index (κ3) is 4.04. The Morgan fingerprint density at radius 2 is 2.05 bits per heavy atom. The highest BCUT2D eigenvalue weighted by atomic mass is 127. The first-order chi connectivity index (χ1) is 9.20. The van der Waals surface area contributed by atoms with Gasteiger partial charge in [0.2, 0.25) is 0 Å². The predicted molar refractivity (Wildman–Crippen MR) is 88.5 cm³/mol. The van der Waals surface area contributed by atoms with Gasteiger partial charge in [0.1, 0.15) is 0 Å². The van der Waals surface area contributed by atoms with E-state index in [1.165, 1.54) is 5.56 Å². The minimum Gasteiger partial charge on any atom is -0.334 e. The number of amides is 1. The van der Waals surface area contributed by atoms with Crippen molar-refractivity contribution in [3.8, 4) is 0 Å². The highest BCUT2D eigenvalue weighted by molar-refractivity contribution is 14.1. The van der Waals surface area contributed by atoms with Crippen LogP contribution in [0.3, 0.4) is 0 Å². The summed E-state index contributed by atoms with van der Waals surface area (Å²) in [4.78, 5) is 14.4. The van der Waals surface area contributed by atoms with Crippen molar-refractivity contribution in [1.82, 2.24) is 4.90 Å². The molecule has 4 heteroatoms. The summed E-state index contributed by atoms with van der Waals surface area (Å²) in [6, 6.07) is 12.1. The van der Waals surface area contributed by atoms with Crippen molar-refractivity contribution in [1.29, 1.82) is 0 Å². The second kappa shape index (κ2) is 7.05. The maximum atomic E-state index is 12.5. The normalized spacial score (nSPS) is 10.4. The van der Waals surface area contributed by atoms with E-state index in [0.717, 1.165) is 21.4 Å². The van der Waals surface area contributed by atoms with Crippen LogP contribution in [0, 0.1) is 2.88 Å². The molecule has 2 rings (SSSR count). The van der Waals surface area contributed by atoms with Gasteiger partial charge in [-0.15, -0.1) is 11.3 Å². The Labute approximate surface area is 131 Å². The van der Waals surface area contributed by atoms with Crippen molar-refractivity contribution in [3.05, 3.63) is 55.8 Å². The molecule has 0 saturated heterocycles. The Morgan fingerprint density at radius 1 is 1.32 bits per heavy atom. The summed E-state index contributed by atoms with van der Waals surface area (Å²) in [6.07, 6.45) is 0.972. The first-order valence-electron chi connectivity index (χ1n) is 6.28. The third-order valence-corrected chi connectivity index (χ3v) is 4.60. The van der Waals surface area contributed by atoms with Crippen LogP contribution in [0.4, 0.5) is 0 Å². The lowest BCUT2D eigenvalue weighted by atomic mass is 10.2. The lowest BCUT2D eigenvalue weighted by molar-refractivity contribution is 0.0743. The van der Waals surface area contributed by atoms with E-state index in [0.29, 0.717) is 6.54 Å². The maximum absolute atomic E-state index is 12.5. The number of thiophene rings is 1. The molecule has 1 amide bonds. The second-order valence-corrected chi connectivity index (χ2v) is 7.16. The van der Waals surface area contributed by atoms with Gasteiger partial charge in [0.05, 0.1) is 8.45 Å². The molecule has 0 atom stereocenters. The lowest BCUT2D eigenvalue weighted by Gasteiger charge is -2.21. The minimum absolute atomic E-state index is 0.130. The molecule has 0 saturated carbocycles. The molecular weight excluding hydrogens is 369 g/mol. The molecule has 0 bridgehead atoms. The smallest absolute Gasteiger partial charge is 0.255 e. The zero-order valence-electron chi connectivity index (χ0n) is 10.8. The lowest BCUT2D eigenvalue weighted by Crippen LogP contribution is -2.31. The summed E-state index contributed by atoms with van der Waals surface area (Å²) in [5, 5.41) is 1.94. The van der Waals surface area contributed by atoms with Gasteiger partial charge in [0.15, 0.2) is 0 Å². The number of carbonyl (C=O) groups excluding carboxylic acids is 1. The van der Waals surface area contributed by atoms with Crippen LogP contribution in [0.15, 0.2) is 41.8 Å². The number of halogens is 1. The standard InChI is InChI=1S/C15H16INOS/c1-2-8-17(10-12-6-4-3-5-7-12)15(18)13-9-14(16)19-11-13/h3-7,9,11H,2,8,10H2,1H3. The molecule has 0 radical (unpaired) electrons. The van der Waals surface area contributed by atoms with Gasteiger partial charge in [-0.25, -0.2) is 0 Å². The molecule has 0 N–H and O–H groups in total. The number of benzene rings is 1. The van der Waals surface area contributed by atoms with E-state index in [1.807, 2.05) is 34.5 Å². The summed E-state index contributed by atoms with van der Waals surface area (Å²) in [5.41, 5.74) is 1.98. The van der Waals surface area contributed by atoms with E-state index in [9.17, 15) is 4.79 Å². The van der Waals surface area contributed by atoms with Crippen molar-refractivity contribution in [2.45, 2.75) is 19.9 Å². The first-order valence-corrected chi connectivity index (χ1v) is 8.23. The topological polar surface area (TPSA) is 20.3 Å². The molecule has 2 aromatic rings. The molecule has 19 heavy (non-hydrogen) atoms. The number of hydrogen-bond donors (Lipinski definition) is 0. The Morgan fingerprint density at radius 3 is 2.63 bits per heavy atom. The molecule has 0 aliphatic heterocycles. The molecule has 2 nitrogen and oxygen atoms in total. The third-order valence-electron chi connectivity index (χ3n) is 2.81. The second-order valence-electron chi connectivity index (χ2n) is 4.35. The molecule has 0 unspecified atom stereocenters. The molecule has 1 aromatic carbocycles. The van der Waals surface area contributed by atoms with Gasteiger partial charge >= 0.3 is 0 Å². The van der Waals surface area contributed by atoms with Crippen LogP contribution >= 0.6 is 33.9 Å². The molecule has 1 heterocycles. The van der Waals surface area contributed by atoms with Crippen LogP contribution in [0.25, 0.3) is 0 Å². The van der Waals surface area contributed by atoms with Crippen LogP contribution in [-0.4, -0.2) is 17.4 Å². The zero-order chi connectivity index (χ0) is 13.7. The van der Waals surface area contributed by atoms with Gasteiger partial charge in [-0.2, -0.15) is 0 Å². The monoisotopic (exact) mass is 385 g/mol. The average molecular weight is 385 g/mol. The van der Waals surface area contributed by atoms with Crippen LogP contribution in [-0.2, 0) is 6.54 Å². The largest absolute Gasteiger partial charge is 0.334 e. The summed E-state index contributed by atoms with van der Waals surface area (Å²) >= 11 is 3.86. The number of rotatable bonds is 5. The van der Waals surface area contributed by atoms with E-state index in [2.05, 4.69) is 41.6 Å². The van der Waals surface area contributed by atoms with Crippen molar-refractivity contribution in [2.75, 3.05) is 6.54 Å². The summed E-state index contributed by atoms with van der Waals surface area (Å²) in [5.74, 6) is 0.130. The Bertz CT molecular complexity index is 538. The molecule has 100 valence electrons. The molecule has 0 aliphatic rings. The minimum atomic E-state index is 0.130. The van der Waals surface area contributed by atoms with E-state index < -0.39 is 0 Å². The Hall–Kier alpha value is -0.880. The van der Waals surface area contributed by atoms with Gasteiger partial charge in [-0.05, 0) is 40.6 Å². The zero-order valence-corrected chi connectivity index (χ0v) is 13.8. The SMILES string of the molecule is CCCN(Cc1ccccc1)C(=O)c1csc(I)c1. The fraction of sp³-hybridized carbons (Fsp3) is 0.267. The van der Waals surface area contributed by atoms with E-state index in [4.69, 9.17) is 0 Å². The average Bonchev–Trinajstić information content (AvgIpc) is 2.85. The summed E-state index contributed by atoms with van der Waals surface area (Å²) in [7, 11) is 0. The van der Waals surface area contributed by atoms with E-state index >= 15 is 0 Å². The fourth-order valence-corrected chi connectivity index (χ4v) is 3.25. The van der Waals surface area contributed by atoms with Crippen LogP contribution < -0.4 is 0 Å². The van der Waals surface area contributed by atoms with Gasteiger partial charge in [0.25, 0.3) is 5.91 Å². The Balaban J connectivity index is 2.13. The van der Waals surface area contributed by atoms with Crippen LogP contribution in [0.1, 0.15) is 29.3 Å². The molecule has 0 spiro atoms. The molecular formula is C15H16INOS. The van der Waals surface area contributed by atoms with Gasteiger partial charge in [-0.1, -0.05) is 37.3 Å². The van der Waals surface area contributed by atoms with Gasteiger partial charge in [0, 0.05) is 18.5 Å². The van der Waals surface area contributed by atoms with Gasteiger partial charge < -0.3 is 4.90 Å². The number of nitrogens with zero attached hydrogens (tertiary/aromatic N) is 1. The number of hydrogen-bond acceptors (Lipinski definition) is 2. The van der Waals surface area contributed by atoms with Gasteiger partial charge in [-0.3, -0.25) is 4.79 Å². The predicted octanol–water partition coefficient (Wildman–Crippen LogP) is 4.41. The molecule has 0 aliphatic carbocycles. The highest BCUT2D eigenvalue weighted by Crippen LogP contribution is 2.19. The fourth-order valence-electron chi connectivity index (χ4n) is 1.93. The van der Waals surface area contributed by atoms with Crippen molar-refractivity contribution in [2.24, 2.45) is 0 Å². The molecule has 1 aromatic heterocycles. The first kappa shape index (κ1) is 14.5. The highest BCUT2D eigenvalue weighted by Gasteiger charge is 2.16. The summed E-state index contributed by atoms with van der Waals surface area (Å²) < 4.78 is 1.15. The van der Waals surface area contributed by atoms with E-state index in [-0.39, 0.29) is 5.91 Å². The maximum Gasteiger partial charge on any atom is 0.255 e. The number of carbonyl (C=O) groups is 1. The van der Waals surface area contributed by atoms with Crippen molar-refractivity contribution < 1.29 is 4.79 Å². The van der Waals surface area contributed by atoms with Crippen molar-refractivity contribution in [3.63, 3.8) is 0 Å². The van der Waals surface area contributed by atoms with E-state index in [1.54, 1.807) is 11.3 Å². The van der Waals surface area contributed by atoms with Crippen LogP contribution in [0.2, 0.25) is 0 Å². The Kier molecular flexibility index (Phi) is 5.39. The quantitative estimate of drug-likeness (QED) is 0.699.